The van der Waals surface area contributed by atoms with Crippen molar-refractivity contribution in [1.29, 1.82) is 0 Å². The van der Waals surface area contributed by atoms with Gasteiger partial charge in [0.2, 0.25) is 0 Å². The number of rotatable bonds is 4. The number of nitrogens with zero attached hydrogens (tertiary/aromatic N) is 3. The zero-order valence-corrected chi connectivity index (χ0v) is 16.6. The van der Waals surface area contributed by atoms with Gasteiger partial charge in [0.1, 0.15) is 5.76 Å². The van der Waals surface area contributed by atoms with E-state index in [0.29, 0.717) is 23.4 Å². The normalized spacial score (nSPS) is 18.4. The summed E-state index contributed by atoms with van der Waals surface area (Å²) in [5.41, 5.74) is 2.12. The van der Waals surface area contributed by atoms with Crippen LogP contribution in [0.15, 0.2) is 59.3 Å². The van der Waals surface area contributed by atoms with Crippen molar-refractivity contribution in [2.45, 2.75) is 25.4 Å². The number of hydrogen-bond acceptors (Lipinski definition) is 4. The van der Waals surface area contributed by atoms with Crippen LogP contribution < -0.4 is 0 Å². The lowest BCUT2D eigenvalue weighted by molar-refractivity contribution is 0.0631. The zero-order chi connectivity index (χ0) is 20.8. The maximum atomic E-state index is 13.3. The third kappa shape index (κ3) is 2.85. The number of carbonyl (C=O) groups excluding carboxylic acids is 3. The molecule has 7 nitrogen and oxygen atoms in total. The van der Waals surface area contributed by atoms with Crippen molar-refractivity contribution in [3.8, 4) is 0 Å². The molecule has 3 amide bonds. The van der Waals surface area contributed by atoms with Gasteiger partial charge in [0, 0.05) is 31.0 Å². The van der Waals surface area contributed by atoms with Crippen molar-refractivity contribution in [3.05, 3.63) is 83.1 Å². The van der Waals surface area contributed by atoms with E-state index >= 15 is 0 Å². The minimum Gasteiger partial charge on any atom is -0.467 e. The number of furan rings is 1. The first kappa shape index (κ1) is 18.4. The second-order valence-corrected chi connectivity index (χ2v) is 7.74. The largest absolute Gasteiger partial charge is 0.467 e. The predicted molar refractivity (Wildman–Crippen MR) is 108 cm³/mol. The molecule has 152 valence electrons. The van der Waals surface area contributed by atoms with Crippen LogP contribution in [0.4, 0.5) is 0 Å². The lowest BCUT2D eigenvalue weighted by atomic mass is 10.0. The van der Waals surface area contributed by atoms with Crippen LogP contribution in [0.25, 0.3) is 0 Å². The number of amides is 3. The van der Waals surface area contributed by atoms with Crippen molar-refractivity contribution in [2.75, 3.05) is 6.54 Å². The second-order valence-electron chi connectivity index (χ2n) is 7.74. The van der Waals surface area contributed by atoms with E-state index in [0.717, 1.165) is 23.4 Å². The summed E-state index contributed by atoms with van der Waals surface area (Å²) >= 11 is 0. The van der Waals surface area contributed by atoms with E-state index in [1.54, 1.807) is 30.3 Å². The van der Waals surface area contributed by atoms with Gasteiger partial charge in [0.15, 0.2) is 0 Å². The van der Waals surface area contributed by atoms with E-state index in [4.69, 9.17) is 4.42 Å². The predicted octanol–water partition coefficient (Wildman–Crippen LogP) is 3.39. The van der Waals surface area contributed by atoms with Crippen molar-refractivity contribution in [1.82, 2.24) is 14.4 Å². The molecule has 0 spiro atoms. The molecule has 7 heteroatoms. The van der Waals surface area contributed by atoms with Gasteiger partial charge in [-0.05, 0) is 55.3 Å². The molecular formula is C23H21N3O4. The van der Waals surface area contributed by atoms with Crippen LogP contribution in [0.3, 0.4) is 0 Å². The number of aryl methyl sites for hydroxylation is 1. The highest BCUT2D eigenvalue weighted by atomic mass is 16.3. The molecule has 1 aromatic carbocycles. The van der Waals surface area contributed by atoms with Gasteiger partial charge in [0.05, 0.1) is 30.0 Å². The van der Waals surface area contributed by atoms with E-state index in [-0.39, 0.29) is 30.0 Å². The summed E-state index contributed by atoms with van der Waals surface area (Å²) in [6.07, 6.45) is 5.32. The van der Waals surface area contributed by atoms with Gasteiger partial charge in [-0.2, -0.15) is 0 Å². The summed E-state index contributed by atoms with van der Waals surface area (Å²) in [7, 11) is 1.98. The Hall–Kier alpha value is -3.61. The molecule has 1 fully saturated rings. The topological polar surface area (TPSA) is 75.8 Å². The minimum atomic E-state index is -0.401. The average molecular weight is 403 g/mol. The molecule has 5 rings (SSSR count). The fourth-order valence-corrected chi connectivity index (χ4v) is 4.43. The number of aromatic nitrogens is 1. The van der Waals surface area contributed by atoms with Gasteiger partial charge in [-0.15, -0.1) is 0 Å². The van der Waals surface area contributed by atoms with Gasteiger partial charge in [0.25, 0.3) is 17.7 Å². The van der Waals surface area contributed by atoms with E-state index in [1.165, 1.54) is 6.26 Å². The molecule has 2 aliphatic rings. The quantitative estimate of drug-likeness (QED) is 0.626. The van der Waals surface area contributed by atoms with Gasteiger partial charge in [-0.25, -0.2) is 0 Å². The Labute approximate surface area is 173 Å². The molecular weight excluding hydrogens is 382 g/mol. The van der Waals surface area contributed by atoms with E-state index in [2.05, 4.69) is 0 Å². The van der Waals surface area contributed by atoms with Crippen molar-refractivity contribution in [3.63, 3.8) is 0 Å². The van der Waals surface area contributed by atoms with Crippen LogP contribution in [0.1, 0.15) is 61.4 Å². The van der Waals surface area contributed by atoms with Gasteiger partial charge in [-0.3, -0.25) is 19.3 Å². The number of carbonyl (C=O) groups is 3. The van der Waals surface area contributed by atoms with Crippen LogP contribution in [0.2, 0.25) is 0 Å². The molecule has 2 aromatic heterocycles. The maximum Gasteiger partial charge on any atom is 0.261 e. The molecule has 0 radical (unpaired) electrons. The summed E-state index contributed by atoms with van der Waals surface area (Å²) in [5.74, 6) is -0.357. The highest BCUT2D eigenvalue weighted by Gasteiger charge is 2.38. The Bertz CT molecular complexity index is 1150. The molecule has 3 aromatic rings. The van der Waals surface area contributed by atoms with E-state index < -0.39 is 5.91 Å². The average Bonchev–Trinajstić information content (AvgIpc) is 3.53. The monoisotopic (exact) mass is 403 g/mol. The maximum absolute atomic E-state index is 13.3. The summed E-state index contributed by atoms with van der Waals surface area (Å²) in [5, 5.41) is 0. The highest BCUT2D eigenvalue weighted by Crippen LogP contribution is 2.34. The number of likely N-dealkylation sites (tertiary alicyclic amines) is 1. The molecule has 1 atom stereocenters. The highest BCUT2D eigenvalue weighted by molar-refractivity contribution is 6.22. The Balaban J connectivity index is 1.42. The van der Waals surface area contributed by atoms with Crippen LogP contribution >= 0.6 is 0 Å². The summed E-state index contributed by atoms with van der Waals surface area (Å²) in [6, 6.07) is 12.2. The van der Waals surface area contributed by atoms with E-state index in [1.807, 2.05) is 34.8 Å². The molecule has 1 saturated heterocycles. The fraction of sp³-hybridized carbons (Fsp3) is 0.261. The van der Waals surface area contributed by atoms with Gasteiger partial charge in [-0.1, -0.05) is 0 Å². The Morgan fingerprint density at radius 3 is 2.67 bits per heavy atom. The summed E-state index contributed by atoms with van der Waals surface area (Å²) in [6.45, 7) is 0.744. The standard InChI is InChI=1S/C23H21N3O4/c1-24-10-2-6-19(24)20-7-3-11-25(20)21(27)15-8-9-17-18(13-15)23(29)26(22(17)28)14-16-5-4-12-30-16/h2,4-6,8-10,12-13,20H,3,7,11,14H2,1H3. The number of imide groups is 1. The Morgan fingerprint density at radius 2 is 1.93 bits per heavy atom. The molecule has 30 heavy (non-hydrogen) atoms. The Kier molecular flexibility index (Phi) is 4.31. The molecule has 0 aliphatic carbocycles. The van der Waals surface area contributed by atoms with Gasteiger partial charge < -0.3 is 13.9 Å². The minimum absolute atomic E-state index is 0.0125. The van der Waals surface area contributed by atoms with Crippen LogP contribution in [-0.4, -0.2) is 38.6 Å². The molecule has 0 bridgehead atoms. The van der Waals surface area contributed by atoms with Crippen molar-refractivity contribution in [2.24, 2.45) is 7.05 Å². The van der Waals surface area contributed by atoms with E-state index in [9.17, 15) is 14.4 Å². The third-order valence-corrected chi connectivity index (χ3v) is 5.95. The zero-order valence-electron chi connectivity index (χ0n) is 16.6. The number of fused-ring (bicyclic) bond motifs is 1. The number of hydrogen-bond donors (Lipinski definition) is 0. The molecule has 4 heterocycles. The first-order valence-electron chi connectivity index (χ1n) is 9.99. The van der Waals surface area contributed by atoms with Crippen LogP contribution in [0.5, 0.6) is 0 Å². The van der Waals surface area contributed by atoms with Crippen molar-refractivity contribution >= 4 is 17.7 Å². The lowest BCUT2D eigenvalue weighted by Crippen LogP contribution is -2.31. The SMILES string of the molecule is Cn1cccc1C1CCCN1C(=O)c1ccc2c(c1)C(=O)N(Cc1ccco1)C2=O. The first-order valence-corrected chi connectivity index (χ1v) is 9.99. The molecule has 0 N–H and O–H groups in total. The Morgan fingerprint density at radius 1 is 1.10 bits per heavy atom. The summed E-state index contributed by atoms with van der Waals surface area (Å²) < 4.78 is 7.30. The second kappa shape index (κ2) is 7.02. The molecule has 0 saturated carbocycles. The number of benzene rings is 1. The van der Waals surface area contributed by atoms with Crippen LogP contribution in [0, 0.1) is 0 Å². The smallest absolute Gasteiger partial charge is 0.261 e. The fourth-order valence-electron chi connectivity index (χ4n) is 4.43. The van der Waals surface area contributed by atoms with Crippen LogP contribution in [-0.2, 0) is 13.6 Å². The third-order valence-electron chi connectivity index (χ3n) is 5.95. The summed E-state index contributed by atoms with van der Waals surface area (Å²) in [4.78, 5) is 41.8. The van der Waals surface area contributed by atoms with Crippen molar-refractivity contribution < 1.29 is 18.8 Å². The lowest BCUT2D eigenvalue weighted by Gasteiger charge is -2.25. The first-order chi connectivity index (χ1) is 14.5. The van der Waals surface area contributed by atoms with Gasteiger partial charge >= 0.3 is 0 Å². The molecule has 2 aliphatic heterocycles. The molecule has 1 unspecified atom stereocenters.